The van der Waals surface area contributed by atoms with Crippen molar-refractivity contribution < 1.29 is 9.18 Å². The van der Waals surface area contributed by atoms with Crippen molar-refractivity contribution in [1.29, 1.82) is 0 Å². The van der Waals surface area contributed by atoms with Crippen molar-refractivity contribution in [3.8, 4) is 0 Å². The molecule has 1 saturated heterocycles. The van der Waals surface area contributed by atoms with Gasteiger partial charge in [-0.3, -0.25) is 4.79 Å². The number of thioether (sulfide) groups is 1. The molecule has 5 nitrogen and oxygen atoms in total. The molecule has 1 fully saturated rings. The van der Waals surface area contributed by atoms with Crippen molar-refractivity contribution in [2.75, 3.05) is 11.9 Å². The summed E-state index contributed by atoms with van der Waals surface area (Å²) >= 11 is 2.74. The maximum atomic E-state index is 13.6. The highest BCUT2D eigenvalue weighted by Crippen LogP contribution is 2.33. The lowest BCUT2D eigenvalue weighted by atomic mass is 10.2. The lowest BCUT2D eigenvalue weighted by Crippen LogP contribution is -2.30. The normalized spacial score (nSPS) is 18.6. The number of halogens is 1. The van der Waals surface area contributed by atoms with Gasteiger partial charge in [0.2, 0.25) is 11.0 Å². The molecule has 2 heterocycles. The highest BCUT2D eigenvalue weighted by atomic mass is 32.2. The quantitative estimate of drug-likeness (QED) is 0.896. The molecular weight excluding hydrogens is 323 g/mol. The third-order valence-electron chi connectivity index (χ3n) is 3.25. The summed E-state index contributed by atoms with van der Waals surface area (Å²) in [6, 6.07) is 6.40. The Balaban J connectivity index is 1.66. The molecule has 1 atom stereocenters. The van der Waals surface area contributed by atoms with Crippen LogP contribution >= 0.6 is 23.1 Å². The standard InChI is InChI=1S/C14H15FN4OS2/c15-9-5-1-2-6-10(9)17-13-18-19-14(22-13)21-11-7-3-4-8-16-12(11)20/h1-2,5-6,11H,3-4,7-8H2,(H,16,20)(H,17,18). The summed E-state index contributed by atoms with van der Waals surface area (Å²) in [7, 11) is 0. The van der Waals surface area contributed by atoms with Crippen LogP contribution in [0.3, 0.4) is 0 Å². The van der Waals surface area contributed by atoms with Crippen LogP contribution in [-0.4, -0.2) is 27.9 Å². The molecule has 0 saturated carbocycles. The lowest BCUT2D eigenvalue weighted by Gasteiger charge is -2.09. The minimum atomic E-state index is -0.338. The van der Waals surface area contributed by atoms with E-state index in [9.17, 15) is 9.18 Å². The van der Waals surface area contributed by atoms with Gasteiger partial charge in [-0.15, -0.1) is 10.2 Å². The first-order chi connectivity index (χ1) is 10.7. The number of anilines is 2. The zero-order valence-corrected chi connectivity index (χ0v) is 13.3. The van der Waals surface area contributed by atoms with Crippen LogP contribution in [0.4, 0.5) is 15.2 Å². The van der Waals surface area contributed by atoms with Crippen LogP contribution in [0, 0.1) is 5.82 Å². The summed E-state index contributed by atoms with van der Waals surface area (Å²) < 4.78 is 14.3. The number of benzene rings is 1. The van der Waals surface area contributed by atoms with E-state index in [1.165, 1.54) is 29.2 Å². The Labute approximate surface area is 135 Å². The van der Waals surface area contributed by atoms with Gasteiger partial charge in [-0.1, -0.05) is 41.7 Å². The van der Waals surface area contributed by atoms with E-state index in [4.69, 9.17) is 0 Å². The molecule has 1 aliphatic rings. The Morgan fingerprint density at radius 2 is 2.18 bits per heavy atom. The SMILES string of the molecule is O=C1NCCCCC1Sc1nnc(Nc2ccccc2F)s1. The average Bonchev–Trinajstić information content (AvgIpc) is 2.85. The molecule has 0 aliphatic carbocycles. The number of carbonyl (C=O) groups is 1. The van der Waals surface area contributed by atoms with Gasteiger partial charge in [-0.25, -0.2) is 4.39 Å². The molecule has 1 aromatic carbocycles. The molecular formula is C14H15FN4OS2. The molecule has 116 valence electrons. The number of hydrogen-bond acceptors (Lipinski definition) is 6. The molecule has 2 N–H and O–H groups in total. The van der Waals surface area contributed by atoms with Gasteiger partial charge in [0.1, 0.15) is 5.82 Å². The maximum absolute atomic E-state index is 13.6. The second-order valence-corrected chi connectivity index (χ2v) is 7.30. The van der Waals surface area contributed by atoms with Crippen LogP contribution < -0.4 is 10.6 Å². The van der Waals surface area contributed by atoms with Gasteiger partial charge in [0.25, 0.3) is 0 Å². The van der Waals surface area contributed by atoms with Crippen molar-refractivity contribution in [3.63, 3.8) is 0 Å². The third kappa shape index (κ3) is 3.75. The van der Waals surface area contributed by atoms with Gasteiger partial charge >= 0.3 is 0 Å². The molecule has 1 amide bonds. The van der Waals surface area contributed by atoms with E-state index in [0.717, 1.165) is 25.8 Å². The molecule has 22 heavy (non-hydrogen) atoms. The number of amides is 1. The molecule has 1 unspecified atom stereocenters. The Morgan fingerprint density at radius 1 is 1.32 bits per heavy atom. The smallest absolute Gasteiger partial charge is 0.233 e. The molecule has 1 aliphatic heterocycles. The number of nitrogens with one attached hydrogen (secondary N) is 2. The predicted octanol–water partition coefficient (Wildman–Crippen LogP) is 3.18. The van der Waals surface area contributed by atoms with Crippen LogP contribution in [-0.2, 0) is 4.79 Å². The van der Waals surface area contributed by atoms with Crippen LogP contribution in [0.1, 0.15) is 19.3 Å². The van der Waals surface area contributed by atoms with Crippen LogP contribution in [0.5, 0.6) is 0 Å². The summed E-state index contributed by atoms with van der Waals surface area (Å²) in [6.07, 6.45) is 2.88. The average molecular weight is 338 g/mol. The van der Waals surface area contributed by atoms with Crippen molar-refractivity contribution in [3.05, 3.63) is 30.1 Å². The maximum Gasteiger partial charge on any atom is 0.233 e. The largest absolute Gasteiger partial charge is 0.355 e. The van der Waals surface area contributed by atoms with E-state index < -0.39 is 0 Å². The number of para-hydroxylation sites is 1. The summed E-state index contributed by atoms with van der Waals surface area (Å²) in [5, 5.41) is 14.3. The first-order valence-electron chi connectivity index (χ1n) is 7.02. The van der Waals surface area contributed by atoms with E-state index in [1.54, 1.807) is 18.2 Å². The van der Waals surface area contributed by atoms with Crippen molar-refractivity contribution in [1.82, 2.24) is 15.5 Å². The van der Waals surface area contributed by atoms with Crippen LogP contribution in [0.2, 0.25) is 0 Å². The minimum Gasteiger partial charge on any atom is -0.355 e. The van der Waals surface area contributed by atoms with Gasteiger partial charge < -0.3 is 10.6 Å². The van der Waals surface area contributed by atoms with Crippen LogP contribution in [0.15, 0.2) is 28.6 Å². The zero-order valence-electron chi connectivity index (χ0n) is 11.7. The monoisotopic (exact) mass is 338 g/mol. The van der Waals surface area contributed by atoms with Crippen molar-refractivity contribution >= 4 is 39.8 Å². The summed E-state index contributed by atoms with van der Waals surface area (Å²) in [6.45, 7) is 0.742. The van der Waals surface area contributed by atoms with Gasteiger partial charge in [-0.2, -0.15) is 0 Å². The number of rotatable bonds is 4. The molecule has 3 rings (SSSR count). The Morgan fingerprint density at radius 3 is 3.05 bits per heavy atom. The zero-order chi connectivity index (χ0) is 15.4. The minimum absolute atomic E-state index is 0.0568. The Hall–Kier alpha value is -1.67. The van der Waals surface area contributed by atoms with E-state index in [2.05, 4.69) is 20.8 Å². The second-order valence-electron chi connectivity index (χ2n) is 4.87. The number of aromatic nitrogens is 2. The van der Waals surface area contributed by atoms with E-state index in [0.29, 0.717) is 15.2 Å². The van der Waals surface area contributed by atoms with E-state index >= 15 is 0 Å². The first kappa shape index (κ1) is 15.2. The van der Waals surface area contributed by atoms with E-state index in [-0.39, 0.29) is 17.0 Å². The second kappa shape index (κ2) is 7.06. The van der Waals surface area contributed by atoms with Gasteiger partial charge in [0.15, 0.2) is 4.34 Å². The topological polar surface area (TPSA) is 66.9 Å². The third-order valence-corrected chi connectivity index (χ3v) is 5.44. The fraction of sp³-hybridized carbons (Fsp3) is 0.357. The molecule has 0 spiro atoms. The van der Waals surface area contributed by atoms with Crippen molar-refractivity contribution in [2.24, 2.45) is 0 Å². The molecule has 0 bridgehead atoms. The fourth-order valence-electron chi connectivity index (χ4n) is 2.13. The molecule has 0 radical (unpaired) electrons. The first-order valence-corrected chi connectivity index (χ1v) is 8.71. The molecule has 2 aromatic rings. The summed E-state index contributed by atoms with van der Waals surface area (Å²) in [5.41, 5.74) is 0.363. The molecule has 8 heteroatoms. The fourth-order valence-corrected chi connectivity index (χ4v) is 4.20. The van der Waals surface area contributed by atoms with Gasteiger partial charge in [-0.05, 0) is 25.0 Å². The Kier molecular flexibility index (Phi) is 4.89. The van der Waals surface area contributed by atoms with Gasteiger partial charge in [0.05, 0.1) is 10.9 Å². The van der Waals surface area contributed by atoms with Crippen molar-refractivity contribution in [2.45, 2.75) is 28.9 Å². The lowest BCUT2D eigenvalue weighted by molar-refractivity contribution is -0.120. The Bertz CT molecular complexity index is 664. The number of hydrogen-bond donors (Lipinski definition) is 2. The van der Waals surface area contributed by atoms with Crippen LogP contribution in [0.25, 0.3) is 0 Å². The summed E-state index contributed by atoms with van der Waals surface area (Å²) in [4.78, 5) is 11.9. The highest BCUT2D eigenvalue weighted by molar-refractivity contribution is 8.02. The van der Waals surface area contributed by atoms with Gasteiger partial charge in [0, 0.05) is 6.54 Å². The van der Waals surface area contributed by atoms with E-state index in [1.807, 2.05) is 0 Å². The number of carbonyl (C=O) groups excluding carboxylic acids is 1. The highest BCUT2D eigenvalue weighted by Gasteiger charge is 2.23. The predicted molar refractivity (Wildman–Crippen MR) is 86.1 cm³/mol. The number of nitrogens with zero attached hydrogens (tertiary/aromatic N) is 2. The summed E-state index contributed by atoms with van der Waals surface area (Å²) in [5.74, 6) is -0.281. The molecule has 1 aromatic heterocycles.